The highest BCUT2D eigenvalue weighted by Crippen LogP contribution is 2.34. The minimum atomic E-state index is 0.302. The van der Waals surface area contributed by atoms with Gasteiger partial charge in [-0.25, -0.2) is 0 Å². The molecule has 58 heavy (non-hydrogen) atoms. The third-order valence-electron chi connectivity index (χ3n) is 11.0. The standard InChI is InChI=1S/2C26H37NO2/c2*1-5-9-10-21(6-2)26(22-11-15-24(28)16-12-22)23-13-17-25(18-14-23)29-20-19-27(7-3)8-4/h2*11-18,28H,5-10,19-20H2,1-4H3/b26-21+;26-21-. The molecule has 0 aliphatic heterocycles. The second kappa shape index (κ2) is 27.2. The summed E-state index contributed by atoms with van der Waals surface area (Å²) < 4.78 is 11.9. The SMILES string of the molecule is CCCC/C(CC)=C(/c1ccc(O)cc1)c1ccc(OCCN(CC)CC)cc1.CCCC/C(CC)=C(\c1ccc(O)cc1)c1ccc(OCCN(CC)CC)cc1. The molecule has 4 aromatic carbocycles. The summed E-state index contributed by atoms with van der Waals surface area (Å²) in [6.07, 6.45) is 9.01. The van der Waals surface area contributed by atoms with E-state index in [1.807, 2.05) is 24.3 Å². The minimum absolute atomic E-state index is 0.302. The molecule has 6 heteroatoms. The molecule has 0 saturated heterocycles. The van der Waals surface area contributed by atoms with E-state index < -0.39 is 0 Å². The summed E-state index contributed by atoms with van der Waals surface area (Å²) in [7, 11) is 0. The van der Waals surface area contributed by atoms with Gasteiger partial charge in [0.15, 0.2) is 0 Å². The van der Waals surface area contributed by atoms with Gasteiger partial charge in [-0.05, 0) is 147 Å². The van der Waals surface area contributed by atoms with Crippen LogP contribution >= 0.6 is 0 Å². The van der Waals surface area contributed by atoms with E-state index in [4.69, 9.17) is 9.47 Å². The van der Waals surface area contributed by atoms with Crippen LogP contribution in [0.15, 0.2) is 108 Å². The molecular formula is C52H74N2O4. The van der Waals surface area contributed by atoms with E-state index in [1.165, 1.54) is 59.1 Å². The summed E-state index contributed by atoms with van der Waals surface area (Å²) in [6.45, 7) is 25.2. The first-order valence-corrected chi connectivity index (χ1v) is 22.2. The first-order chi connectivity index (χ1) is 28.2. The molecule has 0 atom stereocenters. The number of likely N-dealkylation sites (N-methyl/N-ethyl adjacent to an activating group) is 2. The highest BCUT2D eigenvalue weighted by Gasteiger charge is 2.14. The normalized spacial score (nSPS) is 12.2. The van der Waals surface area contributed by atoms with E-state index in [1.54, 1.807) is 24.3 Å². The average Bonchev–Trinajstić information content (AvgIpc) is 3.26. The Morgan fingerprint density at radius 1 is 0.431 bits per heavy atom. The molecule has 0 saturated carbocycles. The number of allylic oxidation sites excluding steroid dienone is 2. The second-order valence-electron chi connectivity index (χ2n) is 14.8. The topological polar surface area (TPSA) is 65.4 Å². The zero-order chi connectivity index (χ0) is 42.1. The van der Waals surface area contributed by atoms with Crippen LogP contribution < -0.4 is 9.47 Å². The Hall–Kier alpha value is -4.52. The molecule has 0 aromatic heterocycles. The average molecular weight is 791 g/mol. The van der Waals surface area contributed by atoms with Gasteiger partial charge in [-0.3, -0.25) is 0 Å². The van der Waals surface area contributed by atoms with Gasteiger partial charge in [0.05, 0.1) is 0 Å². The molecule has 0 aliphatic rings. The lowest BCUT2D eigenvalue weighted by Gasteiger charge is -2.18. The van der Waals surface area contributed by atoms with Crippen molar-refractivity contribution in [3.8, 4) is 23.0 Å². The van der Waals surface area contributed by atoms with Crippen LogP contribution in [0.3, 0.4) is 0 Å². The van der Waals surface area contributed by atoms with Crippen LogP contribution in [0.2, 0.25) is 0 Å². The molecule has 6 nitrogen and oxygen atoms in total. The molecule has 4 rings (SSSR count). The highest BCUT2D eigenvalue weighted by atomic mass is 16.5. The molecule has 2 N–H and O–H groups in total. The van der Waals surface area contributed by atoms with Crippen molar-refractivity contribution in [3.63, 3.8) is 0 Å². The van der Waals surface area contributed by atoms with Gasteiger partial charge < -0.3 is 29.5 Å². The zero-order valence-electron chi connectivity index (χ0n) is 37.2. The number of phenolic OH excluding ortho intramolecular Hbond substituents is 2. The van der Waals surface area contributed by atoms with Crippen molar-refractivity contribution in [3.05, 3.63) is 130 Å². The van der Waals surface area contributed by atoms with Gasteiger partial charge in [-0.1, -0.05) is 128 Å². The van der Waals surface area contributed by atoms with Crippen LogP contribution in [0.5, 0.6) is 23.0 Å². The van der Waals surface area contributed by atoms with Crippen molar-refractivity contribution in [2.75, 3.05) is 52.5 Å². The predicted molar refractivity (Wildman–Crippen MR) is 247 cm³/mol. The molecule has 0 unspecified atom stereocenters. The lowest BCUT2D eigenvalue weighted by Crippen LogP contribution is -2.27. The molecule has 0 heterocycles. The monoisotopic (exact) mass is 791 g/mol. The first kappa shape index (κ1) is 47.9. The molecular weight excluding hydrogens is 717 g/mol. The molecule has 316 valence electrons. The molecule has 0 radical (unpaired) electrons. The number of ether oxygens (including phenoxy) is 2. The van der Waals surface area contributed by atoms with Crippen molar-refractivity contribution in [2.45, 2.75) is 107 Å². The quantitative estimate of drug-likeness (QED) is 0.0737. The van der Waals surface area contributed by atoms with Crippen LogP contribution in [0.1, 0.15) is 129 Å². The van der Waals surface area contributed by atoms with Crippen LogP contribution in [0.4, 0.5) is 0 Å². The van der Waals surface area contributed by atoms with E-state index in [-0.39, 0.29) is 0 Å². The zero-order valence-corrected chi connectivity index (χ0v) is 37.2. The number of aromatic hydroxyl groups is 2. The summed E-state index contributed by atoms with van der Waals surface area (Å²) >= 11 is 0. The van der Waals surface area contributed by atoms with Crippen molar-refractivity contribution in [1.29, 1.82) is 0 Å². The molecule has 0 bridgehead atoms. The number of nitrogens with zero attached hydrogens (tertiary/aromatic N) is 2. The first-order valence-electron chi connectivity index (χ1n) is 22.2. The Kier molecular flexibility index (Phi) is 22.5. The molecule has 0 aliphatic carbocycles. The van der Waals surface area contributed by atoms with Crippen molar-refractivity contribution in [1.82, 2.24) is 9.80 Å². The maximum atomic E-state index is 9.70. The summed E-state index contributed by atoms with van der Waals surface area (Å²) in [5, 5.41) is 19.4. The van der Waals surface area contributed by atoms with Crippen LogP contribution in [-0.2, 0) is 0 Å². The fourth-order valence-corrected chi connectivity index (χ4v) is 7.24. The Bertz CT molecular complexity index is 1620. The molecule has 0 fully saturated rings. The second-order valence-corrected chi connectivity index (χ2v) is 14.8. The predicted octanol–water partition coefficient (Wildman–Crippen LogP) is 13.0. The van der Waals surface area contributed by atoms with Crippen LogP contribution in [0.25, 0.3) is 11.1 Å². The van der Waals surface area contributed by atoms with Crippen molar-refractivity contribution >= 4 is 11.1 Å². The van der Waals surface area contributed by atoms with Gasteiger partial charge in [0.1, 0.15) is 36.2 Å². The van der Waals surface area contributed by atoms with E-state index >= 15 is 0 Å². The number of hydrogen-bond donors (Lipinski definition) is 2. The lowest BCUT2D eigenvalue weighted by molar-refractivity contribution is 0.223. The van der Waals surface area contributed by atoms with E-state index in [0.717, 1.165) is 87.6 Å². The third-order valence-corrected chi connectivity index (χ3v) is 11.0. The smallest absolute Gasteiger partial charge is 0.119 e. The van der Waals surface area contributed by atoms with E-state index in [2.05, 4.69) is 114 Å². The Morgan fingerprint density at radius 3 is 0.983 bits per heavy atom. The largest absolute Gasteiger partial charge is 0.508 e. The summed E-state index contributed by atoms with van der Waals surface area (Å²) in [6, 6.07) is 32.1. The van der Waals surface area contributed by atoms with Gasteiger partial charge in [0, 0.05) is 13.1 Å². The summed E-state index contributed by atoms with van der Waals surface area (Å²) in [5.41, 5.74) is 10.2. The Labute approximate surface area is 352 Å². The maximum absolute atomic E-state index is 9.70. The number of unbranched alkanes of at least 4 members (excludes halogenated alkanes) is 2. The van der Waals surface area contributed by atoms with Gasteiger partial charge in [0.25, 0.3) is 0 Å². The number of phenols is 2. The molecule has 4 aromatic rings. The van der Waals surface area contributed by atoms with E-state index in [9.17, 15) is 10.2 Å². The summed E-state index contributed by atoms with van der Waals surface area (Å²) in [4.78, 5) is 4.72. The van der Waals surface area contributed by atoms with Gasteiger partial charge in [-0.2, -0.15) is 0 Å². The summed E-state index contributed by atoms with van der Waals surface area (Å²) in [5.74, 6) is 2.43. The lowest BCUT2D eigenvalue weighted by atomic mass is 9.89. The van der Waals surface area contributed by atoms with E-state index in [0.29, 0.717) is 24.7 Å². The molecule has 0 spiro atoms. The van der Waals surface area contributed by atoms with Crippen molar-refractivity contribution in [2.24, 2.45) is 0 Å². The highest BCUT2D eigenvalue weighted by molar-refractivity contribution is 5.83. The number of hydrogen-bond acceptors (Lipinski definition) is 6. The van der Waals surface area contributed by atoms with Crippen LogP contribution in [0, 0.1) is 0 Å². The van der Waals surface area contributed by atoms with Gasteiger partial charge in [0.2, 0.25) is 0 Å². The van der Waals surface area contributed by atoms with Gasteiger partial charge >= 0.3 is 0 Å². The fourth-order valence-electron chi connectivity index (χ4n) is 7.24. The molecule has 0 amide bonds. The minimum Gasteiger partial charge on any atom is -0.508 e. The number of benzene rings is 4. The maximum Gasteiger partial charge on any atom is 0.119 e. The van der Waals surface area contributed by atoms with Crippen molar-refractivity contribution < 1.29 is 19.7 Å². The number of rotatable bonds is 24. The van der Waals surface area contributed by atoms with Crippen LogP contribution in [-0.4, -0.2) is 72.5 Å². The third kappa shape index (κ3) is 15.7. The van der Waals surface area contributed by atoms with Gasteiger partial charge in [-0.15, -0.1) is 0 Å². The fraction of sp³-hybridized carbons (Fsp3) is 0.462. The Balaban J connectivity index is 0.000000310. The Morgan fingerprint density at radius 2 is 0.724 bits per heavy atom.